The monoisotopic (exact) mass is 420 g/mol. The molecule has 0 bridgehead atoms. The number of fused-ring (bicyclic) bond motifs is 1. The zero-order valence-electron chi connectivity index (χ0n) is 16.3. The third-order valence-corrected chi connectivity index (χ3v) is 6.26. The van der Waals surface area contributed by atoms with Crippen LogP contribution >= 0.6 is 23.4 Å². The Labute approximate surface area is 179 Å². The smallest absolute Gasteiger partial charge is 0.269 e. The van der Waals surface area contributed by atoms with Crippen LogP contribution in [0.3, 0.4) is 0 Å². The lowest BCUT2D eigenvalue weighted by Crippen LogP contribution is -2.24. The summed E-state index contributed by atoms with van der Waals surface area (Å²) < 4.78 is 0. The highest BCUT2D eigenvalue weighted by Crippen LogP contribution is 2.37. The first-order valence-corrected chi connectivity index (χ1v) is 10.6. The quantitative estimate of drug-likeness (QED) is 0.386. The van der Waals surface area contributed by atoms with Crippen molar-refractivity contribution >= 4 is 40.2 Å². The number of H-pyrrole nitrogens is 1. The molecule has 0 radical (unpaired) electrons. The number of carbonyl (C=O) groups excluding carboxylic acids is 1. The predicted molar refractivity (Wildman–Crippen MR) is 121 cm³/mol. The van der Waals surface area contributed by atoms with Gasteiger partial charge in [0.05, 0.1) is 4.90 Å². The Morgan fingerprint density at radius 2 is 1.79 bits per heavy atom. The van der Waals surface area contributed by atoms with E-state index in [4.69, 9.17) is 11.6 Å². The zero-order valence-corrected chi connectivity index (χ0v) is 17.8. The van der Waals surface area contributed by atoms with E-state index < -0.39 is 0 Å². The van der Waals surface area contributed by atoms with Gasteiger partial charge in [-0.05, 0) is 60.9 Å². The van der Waals surface area contributed by atoms with Crippen LogP contribution in [-0.2, 0) is 6.54 Å². The van der Waals surface area contributed by atoms with Gasteiger partial charge in [0.1, 0.15) is 5.69 Å². The molecular weight excluding hydrogens is 400 g/mol. The number of aryl methyl sites for hydroxylation is 2. The van der Waals surface area contributed by atoms with Crippen molar-refractivity contribution in [3.63, 3.8) is 0 Å². The molecule has 29 heavy (non-hydrogen) atoms. The van der Waals surface area contributed by atoms with E-state index in [1.54, 1.807) is 11.8 Å². The standard InChI is InChI=1S/C24H21ClN2OS/c1-15-7-12-20-21(13-15)27-22(23(20)29-19-10-8-18(25)9-11-19)24(28)26-14-17-6-4-3-5-16(17)2/h3-13,27H,14H2,1-2H3,(H,26,28). The number of amides is 1. The first kappa shape index (κ1) is 19.6. The van der Waals surface area contributed by atoms with Crippen molar-refractivity contribution in [1.82, 2.24) is 10.3 Å². The van der Waals surface area contributed by atoms with Crippen LogP contribution < -0.4 is 5.32 Å². The van der Waals surface area contributed by atoms with Crippen LogP contribution in [0.25, 0.3) is 10.9 Å². The molecule has 0 saturated carbocycles. The topological polar surface area (TPSA) is 44.9 Å². The molecule has 0 aliphatic carbocycles. The Morgan fingerprint density at radius 3 is 2.55 bits per heavy atom. The molecule has 0 saturated heterocycles. The van der Waals surface area contributed by atoms with Crippen molar-refractivity contribution in [2.75, 3.05) is 0 Å². The van der Waals surface area contributed by atoms with E-state index in [-0.39, 0.29) is 5.91 Å². The molecule has 0 fully saturated rings. The second kappa shape index (κ2) is 8.36. The van der Waals surface area contributed by atoms with Crippen LogP contribution in [0.4, 0.5) is 0 Å². The highest BCUT2D eigenvalue weighted by Gasteiger charge is 2.19. The summed E-state index contributed by atoms with van der Waals surface area (Å²) in [7, 11) is 0. The molecule has 1 amide bonds. The number of aromatic nitrogens is 1. The van der Waals surface area contributed by atoms with Gasteiger partial charge < -0.3 is 10.3 Å². The first-order chi connectivity index (χ1) is 14.0. The van der Waals surface area contributed by atoms with Crippen molar-refractivity contribution in [2.24, 2.45) is 0 Å². The van der Waals surface area contributed by atoms with Crippen LogP contribution in [0, 0.1) is 13.8 Å². The summed E-state index contributed by atoms with van der Waals surface area (Å²) in [5.74, 6) is -0.112. The number of hydrogen-bond acceptors (Lipinski definition) is 2. The summed E-state index contributed by atoms with van der Waals surface area (Å²) in [6.07, 6.45) is 0. The average Bonchev–Trinajstić information content (AvgIpc) is 3.06. The highest BCUT2D eigenvalue weighted by atomic mass is 35.5. The van der Waals surface area contributed by atoms with Gasteiger partial charge in [-0.3, -0.25) is 4.79 Å². The van der Waals surface area contributed by atoms with E-state index in [2.05, 4.69) is 41.5 Å². The molecule has 3 aromatic carbocycles. The molecular formula is C24H21ClN2OS. The van der Waals surface area contributed by atoms with Crippen LogP contribution in [0.1, 0.15) is 27.2 Å². The van der Waals surface area contributed by atoms with E-state index in [0.29, 0.717) is 17.3 Å². The molecule has 0 spiro atoms. The number of benzene rings is 3. The Balaban J connectivity index is 1.67. The van der Waals surface area contributed by atoms with Gasteiger partial charge in [-0.15, -0.1) is 0 Å². The first-order valence-electron chi connectivity index (χ1n) is 9.40. The van der Waals surface area contributed by atoms with Crippen LogP contribution in [0.5, 0.6) is 0 Å². The maximum absolute atomic E-state index is 13.1. The van der Waals surface area contributed by atoms with E-state index in [1.807, 2.05) is 49.4 Å². The Morgan fingerprint density at radius 1 is 1.03 bits per heavy atom. The fraction of sp³-hybridized carbons (Fsp3) is 0.125. The van der Waals surface area contributed by atoms with Gasteiger partial charge in [-0.1, -0.05) is 59.8 Å². The van der Waals surface area contributed by atoms with Crippen LogP contribution in [0.2, 0.25) is 5.02 Å². The molecule has 4 rings (SSSR count). The summed E-state index contributed by atoms with van der Waals surface area (Å²) in [6, 6.07) is 21.9. The Hall–Kier alpha value is -2.69. The number of nitrogens with one attached hydrogen (secondary N) is 2. The molecule has 3 nitrogen and oxygen atoms in total. The lowest BCUT2D eigenvalue weighted by molar-refractivity contribution is 0.0944. The largest absolute Gasteiger partial charge is 0.350 e. The molecule has 5 heteroatoms. The third kappa shape index (κ3) is 4.34. The van der Waals surface area contributed by atoms with E-state index in [9.17, 15) is 4.79 Å². The maximum Gasteiger partial charge on any atom is 0.269 e. The zero-order chi connectivity index (χ0) is 20.4. The summed E-state index contributed by atoms with van der Waals surface area (Å²) in [5.41, 5.74) is 4.96. The molecule has 1 heterocycles. The molecule has 0 unspecified atom stereocenters. The van der Waals surface area contributed by atoms with Crippen molar-refractivity contribution in [3.8, 4) is 0 Å². The SMILES string of the molecule is Cc1ccc2c(Sc3ccc(Cl)cc3)c(C(=O)NCc3ccccc3C)[nH]c2c1. The van der Waals surface area contributed by atoms with Crippen molar-refractivity contribution in [1.29, 1.82) is 0 Å². The van der Waals surface area contributed by atoms with Gasteiger partial charge in [-0.2, -0.15) is 0 Å². The van der Waals surface area contributed by atoms with Gasteiger partial charge in [0.2, 0.25) is 0 Å². The summed E-state index contributed by atoms with van der Waals surface area (Å²) in [6.45, 7) is 4.59. The number of aromatic amines is 1. The van der Waals surface area contributed by atoms with Gasteiger partial charge in [-0.25, -0.2) is 0 Å². The molecule has 0 atom stereocenters. The third-order valence-electron chi connectivity index (χ3n) is 4.87. The van der Waals surface area contributed by atoms with E-state index >= 15 is 0 Å². The van der Waals surface area contributed by atoms with Gasteiger partial charge in [0.15, 0.2) is 0 Å². The second-order valence-electron chi connectivity index (χ2n) is 7.04. The molecule has 0 aliphatic rings. The number of carbonyl (C=O) groups is 1. The maximum atomic E-state index is 13.1. The van der Waals surface area contributed by atoms with Crippen molar-refractivity contribution in [2.45, 2.75) is 30.2 Å². The van der Waals surface area contributed by atoms with Gasteiger partial charge >= 0.3 is 0 Å². The van der Waals surface area contributed by atoms with Crippen LogP contribution in [0.15, 0.2) is 76.5 Å². The molecule has 4 aromatic rings. The minimum absolute atomic E-state index is 0.112. The normalized spacial score (nSPS) is 11.0. The second-order valence-corrected chi connectivity index (χ2v) is 8.56. The fourth-order valence-corrected chi connectivity index (χ4v) is 4.41. The van der Waals surface area contributed by atoms with Gasteiger partial charge in [0.25, 0.3) is 5.91 Å². The summed E-state index contributed by atoms with van der Waals surface area (Å²) in [4.78, 5) is 18.4. The Bertz CT molecular complexity index is 1180. The molecule has 0 aliphatic heterocycles. The number of hydrogen-bond donors (Lipinski definition) is 2. The average molecular weight is 421 g/mol. The van der Waals surface area contributed by atoms with E-state index in [0.717, 1.165) is 37.4 Å². The molecule has 1 aromatic heterocycles. The predicted octanol–water partition coefficient (Wildman–Crippen LogP) is 6.52. The number of rotatable bonds is 5. The minimum atomic E-state index is -0.112. The number of halogens is 1. The highest BCUT2D eigenvalue weighted by molar-refractivity contribution is 7.99. The summed E-state index contributed by atoms with van der Waals surface area (Å²) >= 11 is 7.59. The fourth-order valence-electron chi connectivity index (χ4n) is 3.24. The molecule has 2 N–H and O–H groups in total. The summed E-state index contributed by atoms with van der Waals surface area (Å²) in [5, 5.41) is 4.80. The lowest BCUT2D eigenvalue weighted by Gasteiger charge is -2.09. The van der Waals surface area contributed by atoms with Crippen LogP contribution in [-0.4, -0.2) is 10.9 Å². The molecule has 146 valence electrons. The Kier molecular flexibility index (Phi) is 5.65. The lowest BCUT2D eigenvalue weighted by atomic mass is 10.1. The minimum Gasteiger partial charge on any atom is -0.350 e. The van der Waals surface area contributed by atoms with Gasteiger partial charge in [0, 0.05) is 27.4 Å². The van der Waals surface area contributed by atoms with Crippen molar-refractivity contribution in [3.05, 3.63) is 94.1 Å². The van der Waals surface area contributed by atoms with E-state index in [1.165, 1.54) is 0 Å². The van der Waals surface area contributed by atoms with Crippen molar-refractivity contribution < 1.29 is 4.79 Å².